The summed E-state index contributed by atoms with van der Waals surface area (Å²) in [5, 5.41) is 0. The van der Waals surface area contributed by atoms with Gasteiger partial charge in [0.15, 0.2) is 23.3 Å². The van der Waals surface area contributed by atoms with Crippen molar-refractivity contribution in [3.05, 3.63) is 33.3 Å². The molecule has 1 aliphatic carbocycles. The van der Waals surface area contributed by atoms with Crippen molar-refractivity contribution in [1.29, 1.82) is 0 Å². The first kappa shape index (κ1) is 11.9. The van der Waals surface area contributed by atoms with Crippen LogP contribution in [0, 0.1) is 23.3 Å². The van der Waals surface area contributed by atoms with Crippen LogP contribution in [0.15, 0.2) is 4.47 Å². The van der Waals surface area contributed by atoms with E-state index in [0.717, 1.165) is 0 Å². The quantitative estimate of drug-likeness (QED) is 0.507. The molecule has 1 nitrogen and oxygen atoms in total. The first-order chi connectivity index (χ1) is 7.44. The third-order valence-corrected chi connectivity index (χ3v) is 3.68. The van der Waals surface area contributed by atoms with Crippen molar-refractivity contribution in [1.82, 2.24) is 0 Å². The van der Waals surface area contributed by atoms with Crippen LogP contribution < -0.4 is 5.73 Å². The Morgan fingerprint density at radius 3 is 1.75 bits per heavy atom. The summed E-state index contributed by atoms with van der Waals surface area (Å²) >= 11 is 2.46. The van der Waals surface area contributed by atoms with Crippen molar-refractivity contribution < 1.29 is 17.6 Å². The average Bonchev–Trinajstić information content (AvgIpc) is 3.05. The molecular weight excluding hydrogens is 290 g/mol. The van der Waals surface area contributed by atoms with Crippen LogP contribution in [0.4, 0.5) is 17.6 Å². The molecule has 16 heavy (non-hydrogen) atoms. The van der Waals surface area contributed by atoms with Crippen molar-refractivity contribution in [2.24, 2.45) is 5.73 Å². The molecule has 1 aromatic rings. The van der Waals surface area contributed by atoms with Crippen LogP contribution in [-0.2, 0) is 5.41 Å². The molecule has 0 saturated heterocycles. The molecule has 2 N–H and O–H groups in total. The molecule has 1 fully saturated rings. The largest absolute Gasteiger partial charge is 0.330 e. The molecule has 0 unspecified atom stereocenters. The van der Waals surface area contributed by atoms with Crippen LogP contribution in [0.2, 0.25) is 0 Å². The molecule has 0 amide bonds. The van der Waals surface area contributed by atoms with Crippen molar-refractivity contribution >= 4 is 15.9 Å². The zero-order valence-corrected chi connectivity index (χ0v) is 9.67. The lowest BCUT2D eigenvalue weighted by molar-refractivity contribution is 0.416. The van der Waals surface area contributed by atoms with Gasteiger partial charge >= 0.3 is 0 Å². The minimum Gasteiger partial charge on any atom is -0.330 e. The molecule has 88 valence electrons. The monoisotopic (exact) mass is 297 g/mol. The molecule has 0 heterocycles. The Kier molecular flexibility index (Phi) is 2.74. The van der Waals surface area contributed by atoms with Crippen molar-refractivity contribution in [3.8, 4) is 0 Å². The van der Waals surface area contributed by atoms with E-state index < -0.39 is 38.7 Å². The van der Waals surface area contributed by atoms with Gasteiger partial charge in [0.25, 0.3) is 0 Å². The molecule has 1 saturated carbocycles. The molecule has 0 atom stereocenters. The highest BCUT2D eigenvalue weighted by molar-refractivity contribution is 9.10. The first-order valence-electron chi connectivity index (χ1n) is 4.66. The van der Waals surface area contributed by atoms with E-state index >= 15 is 0 Å². The minimum atomic E-state index is -1.41. The van der Waals surface area contributed by atoms with E-state index in [0.29, 0.717) is 12.8 Å². The first-order valence-corrected chi connectivity index (χ1v) is 5.46. The van der Waals surface area contributed by atoms with E-state index in [1.54, 1.807) is 0 Å². The number of hydrogen-bond donors (Lipinski definition) is 1. The molecule has 0 bridgehead atoms. The van der Waals surface area contributed by atoms with Gasteiger partial charge in [-0.05, 0) is 28.8 Å². The molecular formula is C10H8BrF4N. The Morgan fingerprint density at radius 1 is 1.00 bits per heavy atom. The van der Waals surface area contributed by atoms with E-state index in [1.807, 2.05) is 0 Å². The molecule has 1 aromatic carbocycles. The maximum atomic E-state index is 13.6. The normalized spacial score (nSPS) is 17.6. The molecule has 1 aliphatic rings. The maximum absolute atomic E-state index is 13.6. The van der Waals surface area contributed by atoms with Crippen LogP contribution in [0.3, 0.4) is 0 Å². The molecule has 0 spiro atoms. The zero-order valence-electron chi connectivity index (χ0n) is 8.09. The summed E-state index contributed by atoms with van der Waals surface area (Å²) in [5.41, 5.74) is 3.89. The van der Waals surface area contributed by atoms with E-state index in [9.17, 15) is 17.6 Å². The highest BCUT2D eigenvalue weighted by Gasteiger charge is 2.48. The van der Waals surface area contributed by atoms with E-state index in [4.69, 9.17) is 5.73 Å². The van der Waals surface area contributed by atoms with Gasteiger partial charge in [0.05, 0.1) is 4.47 Å². The predicted octanol–water partition coefficient (Wildman–Crippen LogP) is 3.00. The lowest BCUT2D eigenvalue weighted by atomic mass is 9.94. The fourth-order valence-electron chi connectivity index (χ4n) is 1.78. The summed E-state index contributed by atoms with van der Waals surface area (Å²) in [6, 6.07) is 0. The summed E-state index contributed by atoms with van der Waals surface area (Å²) in [5.74, 6) is -5.52. The molecule has 0 aromatic heterocycles. The van der Waals surface area contributed by atoms with Crippen molar-refractivity contribution in [2.75, 3.05) is 6.54 Å². The average molecular weight is 298 g/mol. The summed E-state index contributed by atoms with van der Waals surface area (Å²) < 4.78 is 52.8. The Bertz CT molecular complexity index is 428. The SMILES string of the molecule is NCC1(c2c(F)c(F)c(Br)c(F)c2F)CC1. The summed E-state index contributed by atoms with van der Waals surface area (Å²) in [6.45, 7) is -0.0264. The maximum Gasteiger partial charge on any atom is 0.176 e. The fourth-order valence-corrected chi connectivity index (χ4v) is 2.13. The molecule has 0 radical (unpaired) electrons. The number of halogens is 5. The second-order valence-corrected chi connectivity index (χ2v) is 4.72. The van der Waals surface area contributed by atoms with E-state index in [2.05, 4.69) is 15.9 Å². The summed E-state index contributed by atoms with van der Waals surface area (Å²) in [4.78, 5) is 0. The van der Waals surface area contributed by atoms with Gasteiger partial charge in [-0.2, -0.15) is 0 Å². The van der Waals surface area contributed by atoms with E-state index in [1.165, 1.54) is 0 Å². The van der Waals surface area contributed by atoms with Crippen LogP contribution in [0.25, 0.3) is 0 Å². The Balaban J connectivity index is 2.71. The zero-order chi connectivity index (χ0) is 12.1. The fraction of sp³-hybridized carbons (Fsp3) is 0.400. The van der Waals surface area contributed by atoms with Crippen LogP contribution >= 0.6 is 15.9 Å². The minimum absolute atomic E-state index is 0.0264. The van der Waals surface area contributed by atoms with Gasteiger partial charge in [-0.15, -0.1) is 0 Å². The lowest BCUT2D eigenvalue weighted by Crippen LogP contribution is -2.24. The third kappa shape index (κ3) is 1.47. The molecule has 6 heteroatoms. The number of rotatable bonds is 2. The van der Waals surface area contributed by atoms with Gasteiger partial charge in [-0.1, -0.05) is 0 Å². The summed E-state index contributed by atoms with van der Waals surface area (Å²) in [6.07, 6.45) is 0.885. The molecule has 2 rings (SSSR count). The standard InChI is InChI=1S/C10H8BrF4N/c11-5-8(14)6(12)4(7(13)9(5)15)10(3-16)1-2-10/h1-3,16H2. The van der Waals surface area contributed by atoms with Gasteiger partial charge in [-0.25, -0.2) is 17.6 Å². The van der Waals surface area contributed by atoms with Gasteiger partial charge < -0.3 is 5.73 Å². The van der Waals surface area contributed by atoms with Crippen LogP contribution in [0.5, 0.6) is 0 Å². The smallest absolute Gasteiger partial charge is 0.176 e. The van der Waals surface area contributed by atoms with Gasteiger partial charge in [0.2, 0.25) is 0 Å². The highest BCUT2D eigenvalue weighted by Crippen LogP contribution is 2.50. The molecule has 0 aliphatic heterocycles. The van der Waals surface area contributed by atoms with Gasteiger partial charge in [0, 0.05) is 17.5 Å². The third-order valence-electron chi connectivity index (χ3n) is 2.98. The van der Waals surface area contributed by atoms with Crippen molar-refractivity contribution in [2.45, 2.75) is 18.3 Å². The highest BCUT2D eigenvalue weighted by atomic mass is 79.9. The van der Waals surface area contributed by atoms with Gasteiger partial charge in [0.1, 0.15) is 0 Å². The van der Waals surface area contributed by atoms with Crippen LogP contribution in [-0.4, -0.2) is 6.54 Å². The Labute approximate surface area is 97.8 Å². The van der Waals surface area contributed by atoms with Crippen molar-refractivity contribution in [3.63, 3.8) is 0 Å². The number of nitrogens with two attached hydrogens (primary N) is 1. The Hall–Kier alpha value is -0.620. The van der Waals surface area contributed by atoms with Gasteiger partial charge in [-0.3, -0.25) is 0 Å². The lowest BCUT2D eigenvalue weighted by Gasteiger charge is -2.16. The van der Waals surface area contributed by atoms with E-state index in [-0.39, 0.29) is 6.54 Å². The second kappa shape index (κ2) is 3.70. The topological polar surface area (TPSA) is 26.0 Å². The van der Waals surface area contributed by atoms with Crippen LogP contribution in [0.1, 0.15) is 18.4 Å². The predicted molar refractivity (Wildman–Crippen MR) is 53.9 cm³/mol. The Morgan fingerprint density at radius 2 is 1.44 bits per heavy atom. The second-order valence-electron chi connectivity index (χ2n) is 3.93. The number of benzene rings is 1. The summed E-state index contributed by atoms with van der Waals surface area (Å²) in [7, 11) is 0. The number of hydrogen-bond acceptors (Lipinski definition) is 1.